The zero-order chi connectivity index (χ0) is 13.0. The van der Waals surface area contributed by atoms with E-state index in [9.17, 15) is 4.79 Å². The molecule has 0 aliphatic heterocycles. The highest BCUT2D eigenvalue weighted by atomic mass is 79.9. The normalized spacial score (nSPS) is 10.6. The molecule has 0 spiro atoms. The van der Waals surface area contributed by atoms with Crippen molar-refractivity contribution >= 4 is 39.1 Å². The maximum Gasteiger partial charge on any atom is 0.415 e. The highest BCUT2D eigenvalue weighted by Crippen LogP contribution is 2.25. The molecule has 1 heterocycles. The predicted octanol–water partition coefficient (Wildman–Crippen LogP) is 3.94. The van der Waals surface area contributed by atoms with Crippen molar-refractivity contribution in [3.05, 3.63) is 22.7 Å². The standard InChI is InChI=1S/C12H13BrN2O3/c1-2-3-7-17-12(16)15-11-14-10-8(13)5-4-6-9(10)18-11/h4-6H,2-3,7H2,1H3,(H,14,15,16). The van der Waals surface area contributed by atoms with Gasteiger partial charge in [-0.05, 0) is 34.5 Å². The van der Waals surface area contributed by atoms with Crippen LogP contribution in [0.2, 0.25) is 0 Å². The summed E-state index contributed by atoms with van der Waals surface area (Å²) >= 11 is 3.36. The lowest BCUT2D eigenvalue weighted by Crippen LogP contribution is -2.14. The van der Waals surface area contributed by atoms with Gasteiger partial charge in [0.15, 0.2) is 5.58 Å². The average molecular weight is 313 g/mol. The summed E-state index contributed by atoms with van der Waals surface area (Å²) < 4.78 is 11.1. The highest BCUT2D eigenvalue weighted by molar-refractivity contribution is 9.10. The van der Waals surface area contributed by atoms with Gasteiger partial charge >= 0.3 is 12.1 Å². The Kier molecular flexibility index (Phi) is 4.19. The third-order valence-corrected chi connectivity index (χ3v) is 2.95. The van der Waals surface area contributed by atoms with Crippen LogP contribution in [-0.4, -0.2) is 17.7 Å². The monoisotopic (exact) mass is 312 g/mol. The van der Waals surface area contributed by atoms with Crippen LogP contribution in [0, 0.1) is 0 Å². The van der Waals surface area contributed by atoms with Crippen LogP contribution in [0.3, 0.4) is 0 Å². The van der Waals surface area contributed by atoms with E-state index in [-0.39, 0.29) is 6.01 Å². The third-order valence-electron chi connectivity index (χ3n) is 2.31. The quantitative estimate of drug-likeness (QED) is 0.868. The Balaban J connectivity index is 2.03. The van der Waals surface area contributed by atoms with E-state index in [0.717, 1.165) is 17.3 Å². The third kappa shape index (κ3) is 3.01. The molecule has 1 aromatic heterocycles. The molecule has 0 atom stereocenters. The van der Waals surface area contributed by atoms with Gasteiger partial charge in [-0.15, -0.1) is 0 Å². The van der Waals surface area contributed by atoms with Gasteiger partial charge in [0.2, 0.25) is 0 Å². The number of aromatic nitrogens is 1. The van der Waals surface area contributed by atoms with E-state index in [4.69, 9.17) is 9.15 Å². The molecule has 0 saturated carbocycles. The molecular formula is C12H13BrN2O3. The van der Waals surface area contributed by atoms with Gasteiger partial charge in [0.05, 0.1) is 6.61 Å². The van der Waals surface area contributed by atoms with Crippen LogP contribution in [0.5, 0.6) is 0 Å². The Morgan fingerprint density at radius 3 is 3.11 bits per heavy atom. The molecule has 0 fully saturated rings. The Morgan fingerprint density at radius 1 is 1.56 bits per heavy atom. The Bertz CT molecular complexity index is 553. The molecule has 0 aliphatic carbocycles. The number of oxazole rings is 1. The molecule has 1 amide bonds. The number of benzene rings is 1. The number of halogens is 1. The second-order valence-corrected chi connectivity index (χ2v) is 4.57. The van der Waals surface area contributed by atoms with E-state index in [0.29, 0.717) is 17.7 Å². The van der Waals surface area contributed by atoms with Gasteiger partial charge in [-0.1, -0.05) is 19.4 Å². The summed E-state index contributed by atoms with van der Waals surface area (Å²) in [5.74, 6) is 0. The molecule has 5 nitrogen and oxygen atoms in total. The van der Waals surface area contributed by atoms with Crippen molar-refractivity contribution in [3.8, 4) is 0 Å². The van der Waals surface area contributed by atoms with Gasteiger partial charge in [0.25, 0.3) is 0 Å². The minimum absolute atomic E-state index is 0.137. The van der Waals surface area contributed by atoms with E-state index in [1.165, 1.54) is 0 Å². The SMILES string of the molecule is CCCCOC(=O)Nc1nc2c(Br)cccc2o1. The van der Waals surface area contributed by atoms with Gasteiger partial charge in [0, 0.05) is 4.47 Å². The number of nitrogens with one attached hydrogen (secondary N) is 1. The summed E-state index contributed by atoms with van der Waals surface area (Å²) in [4.78, 5) is 15.6. The summed E-state index contributed by atoms with van der Waals surface area (Å²) in [6.45, 7) is 2.42. The maximum absolute atomic E-state index is 11.4. The number of hydrogen-bond acceptors (Lipinski definition) is 4. The smallest absolute Gasteiger partial charge is 0.415 e. The van der Waals surface area contributed by atoms with Crippen molar-refractivity contribution in [2.75, 3.05) is 11.9 Å². The van der Waals surface area contributed by atoms with Gasteiger partial charge in [-0.3, -0.25) is 0 Å². The van der Waals surface area contributed by atoms with Gasteiger partial charge in [-0.25, -0.2) is 10.1 Å². The van der Waals surface area contributed by atoms with Crippen LogP contribution in [0.4, 0.5) is 10.8 Å². The number of amides is 1. The van der Waals surface area contributed by atoms with E-state index in [1.54, 1.807) is 6.07 Å². The van der Waals surface area contributed by atoms with Crippen molar-refractivity contribution in [2.45, 2.75) is 19.8 Å². The first-order valence-electron chi connectivity index (χ1n) is 5.69. The predicted molar refractivity (Wildman–Crippen MR) is 71.6 cm³/mol. The summed E-state index contributed by atoms with van der Waals surface area (Å²) in [5, 5.41) is 2.46. The molecule has 1 N–H and O–H groups in total. The summed E-state index contributed by atoms with van der Waals surface area (Å²) in [7, 11) is 0. The molecule has 0 unspecified atom stereocenters. The fraction of sp³-hybridized carbons (Fsp3) is 0.333. The van der Waals surface area contributed by atoms with Crippen LogP contribution in [0.25, 0.3) is 11.1 Å². The Morgan fingerprint density at radius 2 is 2.39 bits per heavy atom. The molecular weight excluding hydrogens is 300 g/mol. The Labute approximate surface area is 113 Å². The first kappa shape index (κ1) is 12.9. The van der Waals surface area contributed by atoms with Crippen LogP contribution in [0.15, 0.2) is 27.1 Å². The van der Waals surface area contributed by atoms with Crippen molar-refractivity contribution in [1.82, 2.24) is 4.98 Å². The molecule has 0 radical (unpaired) electrons. The first-order valence-corrected chi connectivity index (χ1v) is 6.49. The van der Waals surface area contributed by atoms with Crippen molar-refractivity contribution in [1.29, 1.82) is 0 Å². The number of hydrogen-bond donors (Lipinski definition) is 1. The van der Waals surface area contributed by atoms with E-state index >= 15 is 0 Å². The molecule has 0 bridgehead atoms. The Hall–Kier alpha value is -1.56. The summed E-state index contributed by atoms with van der Waals surface area (Å²) in [6.07, 6.45) is 1.27. The van der Waals surface area contributed by atoms with Crippen molar-refractivity contribution in [3.63, 3.8) is 0 Å². The molecule has 6 heteroatoms. The van der Waals surface area contributed by atoms with Crippen LogP contribution in [0.1, 0.15) is 19.8 Å². The number of carbonyl (C=O) groups excluding carboxylic acids is 1. The minimum Gasteiger partial charge on any atom is -0.449 e. The second-order valence-electron chi connectivity index (χ2n) is 3.72. The number of nitrogens with zero attached hydrogens (tertiary/aromatic N) is 1. The first-order chi connectivity index (χ1) is 8.70. The second kappa shape index (κ2) is 5.86. The number of carbonyl (C=O) groups is 1. The van der Waals surface area contributed by atoms with Gasteiger partial charge < -0.3 is 9.15 Å². The van der Waals surface area contributed by atoms with Crippen molar-refractivity contribution < 1.29 is 13.9 Å². The molecule has 96 valence electrons. The maximum atomic E-state index is 11.4. The lowest BCUT2D eigenvalue weighted by atomic mass is 10.3. The lowest BCUT2D eigenvalue weighted by molar-refractivity contribution is 0.159. The fourth-order valence-electron chi connectivity index (χ4n) is 1.40. The zero-order valence-corrected chi connectivity index (χ0v) is 11.5. The van der Waals surface area contributed by atoms with Crippen LogP contribution < -0.4 is 5.32 Å². The number of anilines is 1. The van der Waals surface area contributed by atoms with E-state index in [1.807, 2.05) is 19.1 Å². The van der Waals surface area contributed by atoms with Gasteiger partial charge in [0.1, 0.15) is 5.52 Å². The molecule has 1 aromatic carbocycles. The van der Waals surface area contributed by atoms with E-state index in [2.05, 4.69) is 26.2 Å². The number of ether oxygens (including phenoxy) is 1. The molecule has 18 heavy (non-hydrogen) atoms. The average Bonchev–Trinajstić information content (AvgIpc) is 2.73. The number of para-hydroxylation sites is 1. The van der Waals surface area contributed by atoms with Gasteiger partial charge in [-0.2, -0.15) is 4.98 Å². The molecule has 2 rings (SSSR count). The number of unbranched alkanes of at least 4 members (excludes halogenated alkanes) is 1. The fourth-order valence-corrected chi connectivity index (χ4v) is 1.84. The topological polar surface area (TPSA) is 64.4 Å². The number of rotatable bonds is 4. The largest absolute Gasteiger partial charge is 0.449 e. The lowest BCUT2D eigenvalue weighted by Gasteiger charge is -2.02. The van der Waals surface area contributed by atoms with E-state index < -0.39 is 6.09 Å². The highest BCUT2D eigenvalue weighted by Gasteiger charge is 2.11. The summed E-state index contributed by atoms with van der Waals surface area (Å²) in [6, 6.07) is 5.61. The van der Waals surface area contributed by atoms with Crippen LogP contribution in [-0.2, 0) is 4.74 Å². The molecule has 2 aromatic rings. The van der Waals surface area contributed by atoms with Crippen molar-refractivity contribution in [2.24, 2.45) is 0 Å². The minimum atomic E-state index is -0.550. The number of fused-ring (bicyclic) bond motifs is 1. The molecule has 0 aliphatic rings. The summed E-state index contributed by atoms with van der Waals surface area (Å²) in [5.41, 5.74) is 1.27. The zero-order valence-electron chi connectivity index (χ0n) is 9.90. The molecule has 0 saturated heterocycles. The van der Waals surface area contributed by atoms with Crippen LogP contribution >= 0.6 is 15.9 Å².